The lowest BCUT2D eigenvalue weighted by Crippen LogP contribution is -2.39. The van der Waals surface area contributed by atoms with Gasteiger partial charge in [-0.25, -0.2) is 4.98 Å². The summed E-state index contributed by atoms with van der Waals surface area (Å²) in [4.78, 5) is 19.0. The molecule has 1 fully saturated rings. The van der Waals surface area contributed by atoms with Crippen LogP contribution in [0.4, 0.5) is 5.13 Å². The summed E-state index contributed by atoms with van der Waals surface area (Å²) in [5.41, 5.74) is 2.14. The molecule has 2 heterocycles. The van der Waals surface area contributed by atoms with Gasteiger partial charge in [0.15, 0.2) is 5.13 Å². The molecule has 0 radical (unpaired) electrons. The Morgan fingerprint density at radius 2 is 2.12 bits per heavy atom. The van der Waals surface area contributed by atoms with Gasteiger partial charge in [-0.05, 0) is 50.9 Å². The van der Waals surface area contributed by atoms with Crippen LogP contribution in [-0.2, 0) is 11.2 Å². The molecular formula is C18H22ClN3OS. The minimum Gasteiger partial charge on any atom is -0.303 e. The number of likely N-dealkylation sites (tertiary alicyclic amines) is 1. The molecule has 1 aliphatic heterocycles. The van der Waals surface area contributed by atoms with Gasteiger partial charge in [0.05, 0.1) is 5.69 Å². The summed E-state index contributed by atoms with van der Waals surface area (Å²) in [7, 11) is 0. The number of amides is 1. The average molecular weight is 364 g/mol. The highest BCUT2D eigenvalue weighted by molar-refractivity contribution is 7.13. The fourth-order valence-electron chi connectivity index (χ4n) is 3.02. The van der Waals surface area contributed by atoms with Gasteiger partial charge in [-0.1, -0.05) is 29.8 Å². The molecule has 1 N–H and O–H groups in total. The monoisotopic (exact) mass is 363 g/mol. The van der Waals surface area contributed by atoms with Gasteiger partial charge in [0.1, 0.15) is 0 Å². The van der Waals surface area contributed by atoms with Crippen LogP contribution in [0.3, 0.4) is 0 Å². The Bertz CT molecular complexity index is 695. The maximum absolute atomic E-state index is 12.3. The molecule has 2 aromatic rings. The first-order valence-electron chi connectivity index (χ1n) is 8.30. The molecule has 0 unspecified atom stereocenters. The molecular weight excluding hydrogens is 342 g/mol. The van der Waals surface area contributed by atoms with Gasteiger partial charge in [-0.3, -0.25) is 4.79 Å². The molecule has 1 saturated heterocycles. The van der Waals surface area contributed by atoms with E-state index in [2.05, 4.69) is 21.3 Å². The first-order chi connectivity index (χ1) is 11.6. The van der Waals surface area contributed by atoms with E-state index in [4.69, 9.17) is 11.6 Å². The van der Waals surface area contributed by atoms with E-state index in [0.29, 0.717) is 5.13 Å². The lowest BCUT2D eigenvalue weighted by molar-refractivity contribution is -0.121. The number of hydrogen-bond acceptors (Lipinski definition) is 4. The normalized spacial score (nSPS) is 16.2. The second kappa shape index (κ2) is 8.10. The van der Waals surface area contributed by atoms with Crippen LogP contribution in [0.5, 0.6) is 0 Å². The second-order valence-electron chi connectivity index (χ2n) is 6.24. The van der Waals surface area contributed by atoms with Crippen molar-refractivity contribution in [2.45, 2.75) is 26.2 Å². The Morgan fingerprint density at radius 1 is 1.38 bits per heavy atom. The number of aryl methyl sites for hydroxylation is 1. The fraction of sp³-hybridized carbons (Fsp3) is 0.444. The Hall–Kier alpha value is -1.43. The molecule has 128 valence electrons. The number of nitrogens with one attached hydrogen (secondary N) is 1. The number of nitrogens with zero attached hydrogens (tertiary/aromatic N) is 2. The smallest absolute Gasteiger partial charge is 0.229 e. The molecule has 1 aromatic carbocycles. The van der Waals surface area contributed by atoms with Crippen molar-refractivity contribution in [2.75, 3.05) is 25.0 Å². The van der Waals surface area contributed by atoms with E-state index in [-0.39, 0.29) is 11.8 Å². The van der Waals surface area contributed by atoms with Gasteiger partial charge < -0.3 is 10.2 Å². The molecule has 0 aliphatic carbocycles. The van der Waals surface area contributed by atoms with Gasteiger partial charge in [0.2, 0.25) is 5.91 Å². The number of anilines is 1. The van der Waals surface area contributed by atoms with Crippen LogP contribution in [0.25, 0.3) is 0 Å². The van der Waals surface area contributed by atoms with Crippen molar-refractivity contribution >= 4 is 34.0 Å². The predicted octanol–water partition coefficient (Wildman–Crippen LogP) is 4.00. The molecule has 0 spiro atoms. The zero-order valence-electron chi connectivity index (χ0n) is 13.8. The molecule has 4 nitrogen and oxygen atoms in total. The average Bonchev–Trinajstić information content (AvgIpc) is 2.99. The first-order valence-corrected chi connectivity index (χ1v) is 9.56. The maximum atomic E-state index is 12.3. The van der Waals surface area contributed by atoms with Crippen LogP contribution >= 0.6 is 22.9 Å². The standard InChI is InChI=1S/C18H22ClN3OS/c1-13-12-24-18(20-13)21-17(23)15-7-10-22(11-8-15)9-6-14-4-2-3-5-16(14)19/h2-5,12,15H,6-11H2,1H3,(H,20,21,23). The highest BCUT2D eigenvalue weighted by Crippen LogP contribution is 2.22. The van der Waals surface area contributed by atoms with Crippen LogP contribution < -0.4 is 5.32 Å². The van der Waals surface area contributed by atoms with E-state index in [1.165, 1.54) is 16.9 Å². The number of thiazole rings is 1. The minimum absolute atomic E-state index is 0.0887. The van der Waals surface area contributed by atoms with Gasteiger partial charge >= 0.3 is 0 Å². The van der Waals surface area contributed by atoms with Crippen molar-refractivity contribution in [2.24, 2.45) is 5.92 Å². The highest BCUT2D eigenvalue weighted by Gasteiger charge is 2.25. The number of carbonyl (C=O) groups excluding carboxylic acids is 1. The van der Waals surface area contributed by atoms with Crippen molar-refractivity contribution in [3.63, 3.8) is 0 Å². The van der Waals surface area contributed by atoms with E-state index in [1.807, 2.05) is 30.5 Å². The number of halogens is 1. The number of piperidine rings is 1. The Kier molecular flexibility index (Phi) is 5.87. The summed E-state index contributed by atoms with van der Waals surface area (Å²) in [5, 5.41) is 6.44. The van der Waals surface area contributed by atoms with E-state index in [0.717, 1.165) is 49.6 Å². The van der Waals surface area contributed by atoms with Crippen LogP contribution in [0, 0.1) is 12.8 Å². The van der Waals surface area contributed by atoms with Crippen LogP contribution in [0.2, 0.25) is 5.02 Å². The molecule has 1 amide bonds. The number of benzene rings is 1. The second-order valence-corrected chi connectivity index (χ2v) is 7.51. The van der Waals surface area contributed by atoms with Crippen molar-refractivity contribution in [1.29, 1.82) is 0 Å². The number of aromatic nitrogens is 1. The maximum Gasteiger partial charge on any atom is 0.229 e. The quantitative estimate of drug-likeness (QED) is 0.873. The zero-order chi connectivity index (χ0) is 16.9. The van der Waals surface area contributed by atoms with Crippen LogP contribution in [0.1, 0.15) is 24.1 Å². The Morgan fingerprint density at radius 3 is 2.79 bits per heavy atom. The molecule has 0 atom stereocenters. The van der Waals surface area contributed by atoms with Gasteiger partial charge in [0.25, 0.3) is 0 Å². The first kappa shape index (κ1) is 17.4. The third kappa shape index (κ3) is 4.56. The zero-order valence-corrected chi connectivity index (χ0v) is 15.4. The van der Waals surface area contributed by atoms with E-state index < -0.39 is 0 Å². The summed E-state index contributed by atoms with van der Waals surface area (Å²) in [5.74, 6) is 0.195. The van der Waals surface area contributed by atoms with E-state index in [9.17, 15) is 4.79 Å². The largest absolute Gasteiger partial charge is 0.303 e. The lowest BCUT2D eigenvalue weighted by atomic mass is 9.95. The van der Waals surface area contributed by atoms with Crippen molar-refractivity contribution < 1.29 is 4.79 Å². The molecule has 24 heavy (non-hydrogen) atoms. The minimum atomic E-state index is 0.0887. The SMILES string of the molecule is Cc1csc(NC(=O)C2CCN(CCc3ccccc3Cl)CC2)n1. The molecule has 0 bridgehead atoms. The van der Waals surface area contributed by atoms with Crippen LogP contribution in [0.15, 0.2) is 29.6 Å². The third-order valence-electron chi connectivity index (χ3n) is 4.46. The molecule has 1 aromatic heterocycles. The molecule has 1 aliphatic rings. The highest BCUT2D eigenvalue weighted by atomic mass is 35.5. The predicted molar refractivity (Wildman–Crippen MR) is 99.8 cm³/mol. The number of carbonyl (C=O) groups is 1. The Balaban J connectivity index is 1.44. The summed E-state index contributed by atoms with van der Waals surface area (Å²) in [6.07, 6.45) is 2.76. The number of rotatable bonds is 5. The summed E-state index contributed by atoms with van der Waals surface area (Å²) in [6.45, 7) is 4.84. The molecule has 6 heteroatoms. The van der Waals surface area contributed by atoms with Gasteiger partial charge in [-0.15, -0.1) is 11.3 Å². The number of hydrogen-bond donors (Lipinski definition) is 1. The van der Waals surface area contributed by atoms with E-state index >= 15 is 0 Å². The lowest BCUT2D eigenvalue weighted by Gasteiger charge is -2.31. The molecule has 3 rings (SSSR count). The van der Waals surface area contributed by atoms with Crippen LogP contribution in [-0.4, -0.2) is 35.4 Å². The third-order valence-corrected chi connectivity index (χ3v) is 5.71. The summed E-state index contributed by atoms with van der Waals surface area (Å²) >= 11 is 7.69. The topological polar surface area (TPSA) is 45.2 Å². The molecule has 0 saturated carbocycles. The van der Waals surface area contributed by atoms with Gasteiger partial charge in [0, 0.05) is 22.9 Å². The van der Waals surface area contributed by atoms with Gasteiger partial charge in [-0.2, -0.15) is 0 Å². The van der Waals surface area contributed by atoms with E-state index in [1.54, 1.807) is 0 Å². The van der Waals surface area contributed by atoms with Crippen molar-refractivity contribution in [1.82, 2.24) is 9.88 Å². The van der Waals surface area contributed by atoms with Crippen molar-refractivity contribution in [3.05, 3.63) is 45.9 Å². The summed E-state index contributed by atoms with van der Waals surface area (Å²) < 4.78 is 0. The van der Waals surface area contributed by atoms with Crippen molar-refractivity contribution in [3.8, 4) is 0 Å². The summed E-state index contributed by atoms with van der Waals surface area (Å²) in [6, 6.07) is 8.00. The fourth-order valence-corrected chi connectivity index (χ4v) is 3.94. The Labute approximate surface area is 151 Å².